The van der Waals surface area contributed by atoms with E-state index in [1.165, 1.54) is 18.4 Å². The lowest BCUT2D eigenvalue weighted by Gasteiger charge is -2.28. The summed E-state index contributed by atoms with van der Waals surface area (Å²) in [4.78, 5) is 25.7. The van der Waals surface area contributed by atoms with Gasteiger partial charge in [-0.2, -0.15) is 11.3 Å². The van der Waals surface area contributed by atoms with E-state index in [0.29, 0.717) is 13.1 Å². The molecule has 22 heavy (non-hydrogen) atoms. The zero-order chi connectivity index (χ0) is 16.0. The van der Waals surface area contributed by atoms with E-state index < -0.39 is 11.8 Å². The van der Waals surface area contributed by atoms with Gasteiger partial charge in [0.1, 0.15) is 0 Å². The maximum atomic E-state index is 12.0. The summed E-state index contributed by atoms with van der Waals surface area (Å²) in [6.07, 6.45) is 4.51. The second kappa shape index (κ2) is 7.74. The zero-order valence-corrected chi connectivity index (χ0v) is 14.2. The Labute approximate surface area is 136 Å². The number of nitrogens with zero attached hydrogens (tertiary/aromatic N) is 1. The summed E-state index contributed by atoms with van der Waals surface area (Å²) < 4.78 is 0. The maximum absolute atomic E-state index is 12.0. The van der Waals surface area contributed by atoms with E-state index in [2.05, 4.69) is 27.5 Å². The van der Waals surface area contributed by atoms with Crippen molar-refractivity contribution in [2.24, 2.45) is 0 Å². The first-order valence-electron chi connectivity index (χ1n) is 7.77. The molecule has 1 aromatic rings. The number of carbonyl (C=O) groups excluding carboxylic acids is 2. The number of likely N-dealkylation sites (N-methyl/N-ethyl adjacent to an activating group) is 1. The van der Waals surface area contributed by atoms with Crippen LogP contribution in [0.2, 0.25) is 0 Å². The largest absolute Gasteiger partial charge is 0.347 e. The molecule has 2 amide bonds. The lowest BCUT2D eigenvalue weighted by Crippen LogP contribution is -2.46. The highest BCUT2D eigenvalue weighted by Crippen LogP contribution is 2.41. The van der Waals surface area contributed by atoms with Crippen LogP contribution in [0.25, 0.3) is 0 Å². The van der Waals surface area contributed by atoms with Crippen molar-refractivity contribution in [1.29, 1.82) is 0 Å². The van der Waals surface area contributed by atoms with Gasteiger partial charge < -0.3 is 15.5 Å². The molecule has 6 heteroatoms. The Morgan fingerprint density at radius 3 is 2.50 bits per heavy atom. The molecule has 0 aromatic carbocycles. The van der Waals surface area contributed by atoms with E-state index in [4.69, 9.17) is 0 Å². The van der Waals surface area contributed by atoms with Crippen LogP contribution < -0.4 is 10.6 Å². The number of hydrogen-bond donors (Lipinski definition) is 2. The first kappa shape index (κ1) is 17.0. The molecule has 0 saturated heterocycles. The van der Waals surface area contributed by atoms with Gasteiger partial charge in [-0.25, -0.2) is 0 Å². The predicted molar refractivity (Wildman–Crippen MR) is 89.0 cm³/mol. The summed E-state index contributed by atoms with van der Waals surface area (Å²) in [5.74, 6) is -1.07. The molecule has 122 valence electrons. The SMILES string of the molecule is CN(C)CCNC(=O)C(=O)NCC1(c2ccsc2)CCCC1. The molecule has 1 heterocycles. The second-order valence-corrected chi connectivity index (χ2v) is 7.02. The third-order valence-electron chi connectivity index (χ3n) is 4.33. The van der Waals surface area contributed by atoms with Crippen molar-refractivity contribution >= 4 is 23.2 Å². The summed E-state index contributed by atoms with van der Waals surface area (Å²) in [6, 6.07) is 2.14. The number of rotatable bonds is 6. The van der Waals surface area contributed by atoms with E-state index in [0.717, 1.165) is 19.4 Å². The molecule has 1 aromatic heterocycles. The Morgan fingerprint density at radius 2 is 1.91 bits per heavy atom. The van der Waals surface area contributed by atoms with E-state index in [9.17, 15) is 9.59 Å². The average molecular weight is 323 g/mol. The highest BCUT2D eigenvalue weighted by Gasteiger charge is 2.36. The van der Waals surface area contributed by atoms with Crippen LogP contribution >= 0.6 is 11.3 Å². The average Bonchev–Trinajstić information content (AvgIpc) is 3.16. The van der Waals surface area contributed by atoms with E-state index in [1.807, 2.05) is 19.0 Å². The highest BCUT2D eigenvalue weighted by molar-refractivity contribution is 7.08. The molecular weight excluding hydrogens is 298 g/mol. The smallest absolute Gasteiger partial charge is 0.309 e. The standard InChI is InChI=1S/C16H25N3O2S/c1-19(2)9-8-17-14(20)15(21)18-12-16(6-3-4-7-16)13-5-10-22-11-13/h5,10-11H,3-4,6-9,12H2,1-2H3,(H,17,20)(H,18,21). The Bertz CT molecular complexity index is 493. The molecule has 0 radical (unpaired) electrons. The zero-order valence-electron chi connectivity index (χ0n) is 13.4. The van der Waals surface area contributed by atoms with Crippen LogP contribution in [0.1, 0.15) is 31.2 Å². The molecular formula is C16H25N3O2S. The normalized spacial score (nSPS) is 16.7. The molecule has 0 bridgehead atoms. The molecule has 0 unspecified atom stereocenters. The summed E-state index contributed by atoms with van der Waals surface area (Å²) in [5, 5.41) is 9.71. The Kier molecular flexibility index (Phi) is 5.97. The third kappa shape index (κ3) is 4.30. The minimum Gasteiger partial charge on any atom is -0.347 e. The van der Waals surface area contributed by atoms with Gasteiger partial charge in [0.25, 0.3) is 0 Å². The van der Waals surface area contributed by atoms with Crippen molar-refractivity contribution in [2.45, 2.75) is 31.1 Å². The third-order valence-corrected chi connectivity index (χ3v) is 5.02. The van der Waals surface area contributed by atoms with Crippen LogP contribution in [-0.4, -0.2) is 50.4 Å². The number of amides is 2. The molecule has 0 atom stereocenters. The maximum Gasteiger partial charge on any atom is 0.309 e. The van der Waals surface area contributed by atoms with Gasteiger partial charge >= 0.3 is 11.8 Å². The minimum absolute atomic E-state index is 0.0135. The first-order valence-corrected chi connectivity index (χ1v) is 8.71. The molecule has 1 saturated carbocycles. The van der Waals surface area contributed by atoms with Crippen LogP contribution in [0.15, 0.2) is 16.8 Å². The molecule has 0 aliphatic heterocycles. The number of nitrogens with one attached hydrogen (secondary N) is 2. The van der Waals surface area contributed by atoms with Gasteiger partial charge in [-0.15, -0.1) is 0 Å². The summed E-state index contributed by atoms with van der Waals surface area (Å²) >= 11 is 1.68. The van der Waals surface area contributed by atoms with Crippen molar-refractivity contribution in [3.8, 4) is 0 Å². The topological polar surface area (TPSA) is 61.4 Å². The van der Waals surface area contributed by atoms with Gasteiger partial charge in [-0.3, -0.25) is 9.59 Å². The van der Waals surface area contributed by atoms with Gasteiger partial charge in [0.2, 0.25) is 0 Å². The van der Waals surface area contributed by atoms with E-state index >= 15 is 0 Å². The molecule has 1 fully saturated rings. The molecule has 1 aliphatic rings. The molecule has 5 nitrogen and oxygen atoms in total. The Morgan fingerprint density at radius 1 is 1.23 bits per heavy atom. The molecule has 0 spiro atoms. The van der Waals surface area contributed by atoms with Crippen LogP contribution in [-0.2, 0) is 15.0 Å². The van der Waals surface area contributed by atoms with Crippen LogP contribution in [0, 0.1) is 0 Å². The number of hydrogen-bond acceptors (Lipinski definition) is 4. The van der Waals surface area contributed by atoms with Crippen molar-refractivity contribution in [3.05, 3.63) is 22.4 Å². The quantitative estimate of drug-likeness (QED) is 0.777. The van der Waals surface area contributed by atoms with E-state index in [1.54, 1.807) is 11.3 Å². The Hall–Kier alpha value is -1.40. The summed E-state index contributed by atoms with van der Waals surface area (Å²) in [6.45, 7) is 1.75. The van der Waals surface area contributed by atoms with E-state index in [-0.39, 0.29) is 5.41 Å². The first-order chi connectivity index (χ1) is 10.5. The van der Waals surface area contributed by atoms with Crippen molar-refractivity contribution in [2.75, 3.05) is 33.7 Å². The van der Waals surface area contributed by atoms with Gasteiger partial charge in [-0.05, 0) is 49.3 Å². The predicted octanol–water partition coefficient (Wildman–Crippen LogP) is 1.35. The summed E-state index contributed by atoms with van der Waals surface area (Å²) in [7, 11) is 3.86. The van der Waals surface area contributed by atoms with Crippen molar-refractivity contribution in [1.82, 2.24) is 15.5 Å². The monoisotopic (exact) mass is 323 g/mol. The number of carbonyl (C=O) groups is 2. The van der Waals surface area contributed by atoms with Gasteiger partial charge in [0.05, 0.1) is 0 Å². The Balaban J connectivity index is 1.85. The fraction of sp³-hybridized carbons (Fsp3) is 0.625. The van der Waals surface area contributed by atoms with Gasteiger partial charge in [-0.1, -0.05) is 12.8 Å². The van der Waals surface area contributed by atoms with Crippen molar-refractivity contribution in [3.63, 3.8) is 0 Å². The minimum atomic E-state index is -0.541. The fourth-order valence-corrected chi connectivity index (χ4v) is 3.77. The second-order valence-electron chi connectivity index (χ2n) is 6.24. The van der Waals surface area contributed by atoms with Crippen LogP contribution in [0.5, 0.6) is 0 Å². The lowest BCUT2D eigenvalue weighted by atomic mass is 9.80. The highest BCUT2D eigenvalue weighted by atomic mass is 32.1. The van der Waals surface area contributed by atoms with Gasteiger partial charge in [0.15, 0.2) is 0 Å². The summed E-state index contributed by atoms with van der Waals surface area (Å²) in [5.41, 5.74) is 1.31. The fourth-order valence-electron chi connectivity index (χ4n) is 2.99. The van der Waals surface area contributed by atoms with Crippen molar-refractivity contribution < 1.29 is 9.59 Å². The number of thiophene rings is 1. The van der Waals surface area contributed by atoms with Crippen LogP contribution in [0.4, 0.5) is 0 Å². The van der Waals surface area contributed by atoms with Gasteiger partial charge in [0, 0.05) is 25.0 Å². The lowest BCUT2D eigenvalue weighted by molar-refractivity contribution is -0.139. The molecule has 2 N–H and O–H groups in total. The molecule has 1 aliphatic carbocycles. The molecule has 2 rings (SSSR count). The van der Waals surface area contributed by atoms with Crippen LogP contribution in [0.3, 0.4) is 0 Å².